The summed E-state index contributed by atoms with van der Waals surface area (Å²) in [7, 11) is 0. The number of carboxylic acids is 1. The predicted octanol–water partition coefficient (Wildman–Crippen LogP) is 1.50. The number of hydrogen-bond donors (Lipinski definition) is 3. The van der Waals surface area contributed by atoms with Gasteiger partial charge in [-0.3, -0.25) is 0 Å². The van der Waals surface area contributed by atoms with E-state index in [2.05, 4.69) is 5.16 Å². The smallest absolute Gasteiger partial charge is 0.328 e. The summed E-state index contributed by atoms with van der Waals surface area (Å²) >= 11 is 0. The molecule has 0 saturated heterocycles. The normalized spacial score (nSPS) is 12.0. The second-order valence-electron chi connectivity index (χ2n) is 3.68. The van der Waals surface area contributed by atoms with Crippen LogP contribution < -0.4 is 5.73 Å². The van der Waals surface area contributed by atoms with E-state index >= 15 is 0 Å². The standard InChI is InChI=1S/C12H14N2O3/c1-7-5-9(12(13)14-17)6-8(2)10(7)3-4-11(15)16/h3-6,17H,1-2H3,(H2,13,14)(H,15,16). The first-order valence-electron chi connectivity index (χ1n) is 4.96. The number of nitrogens with two attached hydrogens (primary N) is 1. The molecule has 5 heteroatoms. The lowest BCUT2D eigenvalue weighted by Crippen LogP contribution is -2.13. The number of carboxylic acid groups (broad SMARTS) is 1. The van der Waals surface area contributed by atoms with Crippen molar-refractivity contribution in [1.82, 2.24) is 0 Å². The van der Waals surface area contributed by atoms with Crippen LogP contribution in [0.5, 0.6) is 0 Å². The van der Waals surface area contributed by atoms with Gasteiger partial charge in [0.2, 0.25) is 0 Å². The average molecular weight is 234 g/mol. The van der Waals surface area contributed by atoms with Crippen molar-refractivity contribution < 1.29 is 15.1 Å². The third-order valence-electron chi connectivity index (χ3n) is 2.39. The molecular formula is C12H14N2O3. The Morgan fingerprint density at radius 3 is 2.29 bits per heavy atom. The van der Waals surface area contributed by atoms with Gasteiger partial charge in [0.25, 0.3) is 0 Å². The van der Waals surface area contributed by atoms with E-state index in [1.807, 2.05) is 13.8 Å². The quantitative estimate of drug-likeness (QED) is 0.243. The summed E-state index contributed by atoms with van der Waals surface area (Å²) in [4.78, 5) is 10.5. The summed E-state index contributed by atoms with van der Waals surface area (Å²) in [5.41, 5.74) is 8.65. The highest BCUT2D eigenvalue weighted by molar-refractivity contribution is 5.98. The Hall–Kier alpha value is -2.30. The molecule has 17 heavy (non-hydrogen) atoms. The van der Waals surface area contributed by atoms with Gasteiger partial charge < -0.3 is 16.0 Å². The Bertz CT molecular complexity index is 481. The lowest BCUT2D eigenvalue weighted by Gasteiger charge is -2.08. The molecule has 0 radical (unpaired) electrons. The first kappa shape index (κ1) is 12.8. The predicted molar refractivity (Wildman–Crippen MR) is 65.1 cm³/mol. The van der Waals surface area contributed by atoms with Crippen LogP contribution in [-0.4, -0.2) is 22.1 Å². The van der Waals surface area contributed by atoms with E-state index in [1.165, 1.54) is 6.08 Å². The Morgan fingerprint density at radius 1 is 1.35 bits per heavy atom. The van der Waals surface area contributed by atoms with E-state index in [0.29, 0.717) is 5.56 Å². The van der Waals surface area contributed by atoms with E-state index in [4.69, 9.17) is 16.0 Å². The van der Waals surface area contributed by atoms with E-state index in [0.717, 1.165) is 22.8 Å². The van der Waals surface area contributed by atoms with Crippen molar-refractivity contribution in [2.45, 2.75) is 13.8 Å². The molecule has 0 heterocycles. The maximum Gasteiger partial charge on any atom is 0.328 e. The number of oxime groups is 1. The monoisotopic (exact) mass is 234 g/mol. The zero-order chi connectivity index (χ0) is 13.0. The second-order valence-corrected chi connectivity index (χ2v) is 3.68. The minimum atomic E-state index is -0.996. The molecule has 0 unspecified atom stereocenters. The SMILES string of the molecule is Cc1cc(/C(N)=N\O)cc(C)c1C=CC(=O)O. The molecule has 0 fully saturated rings. The van der Waals surface area contributed by atoms with Crippen LogP contribution in [0.4, 0.5) is 0 Å². The number of rotatable bonds is 3. The molecule has 4 N–H and O–H groups in total. The lowest BCUT2D eigenvalue weighted by atomic mass is 9.98. The Balaban J connectivity index is 3.24. The maximum absolute atomic E-state index is 10.5. The van der Waals surface area contributed by atoms with E-state index in [1.54, 1.807) is 12.1 Å². The molecule has 1 aromatic rings. The highest BCUT2D eigenvalue weighted by Crippen LogP contribution is 2.18. The second kappa shape index (κ2) is 5.16. The molecule has 0 bridgehead atoms. The van der Waals surface area contributed by atoms with Gasteiger partial charge in [0.05, 0.1) is 0 Å². The fraction of sp³-hybridized carbons (Fsp3) is 0.167. The van der Waals surface area contributed by atoms with Gasteiger partial charge in [0, 0.05) is 11.6 Å². The molecule has 0 aliphatic rings. The summed E-state index contributed by atoms with van der Waals surface area (Å²) in [6.07, 6.45) is 2.61. The first-order valence-corrected chi connectivity index (χ1v) is 4.96. The molecular weight excluding hydrogens is 220 g/mol. The maximum atomic E-state index is 10.5. The Kier molecular flexibility index (Phi) is 3.87. The van der Waals surface area contributed by atoms with Crippen LogP contribution in [0, 0.1) is 13.8 Å². The van der Waals surface area contributed by atoms with Gasteiger partial charge in [-0.2, -0.15) is 0 Å². The number of aryl methyl sites for hydroxylation is 2. The van der Waals surface area contributed by atoms with E-state index < -0.39 is 5.97 Å². The van der Waals surface area contributed by atoms with Crippen LogP contribution in [0.25, 0.3) is 6.08 Å². The van der Waals surface area contributed by atoms with Gasteiger partial charge in [0.1, 0.15) is 0 Å². The summed E-state index contributed by atoms with van der Waals surface area (Å²) < 4.78 is 0. The van der Waals surface area contributed by atoms with Crippen molar-refractivity contribution in [3.8, 4) is 0 Å². The van der Waals surface area contributed by atoms with E-state index in [9.17, 15) is 4.79 Å². The Labute approximate surface area is 98.9 Å². The summed E-state index contributed by atoms with van der Waals surface area (Å²) in [6.45, 7) is 3.67. The zero-order valence-corrected chi connectivity index (χ0v) is 9.64. The third kappa shape index (κ3) is 3.07. The fourth-order valence-electron chi connectivity index (χ4n) is 1.60. The number of hydrogen-bond acceptors (Lipinski definition) is 3. The van der Waals surface area contributed by atoms with Crippen LogP contribution in [0.2, 0.25) is 0 Å². The number of aliphatic carboxylic acids is 1. The van der Waals surface area contributed by atoms with Crippen LogP contribution in [0.1, 0.15) is 22.3 Å². The molecule has 0 aliphatic heterocycles. The first-order chi connectivity index (χ1) is 7.95. The molecule has 0 aromatic heterocycles. The van der Waals surface area contributed by atoms with E-state index in [-0.39, 0.29) is 5.84 Å². The molecule has 0 spiro atoms. The molecule has 0 amide bonds. The van der Waals surface area contributed by atoms with Crippen LogP contribution in [-0.2, 0) is 4.79 Å². The minimum Gasteiger partial charge on any atom is -0.478 e. The van der Waals surface area contributed by atoms with Crippen molar-refractivity contribution >= 4 is 17.9 Å². The molecule has 5 nitrogen and oxygen atoms in total. The van der Waals surface area contributed by atoms with Crippen molar-refractivity contribution in [1.29, 1.82) is 0 Å². The molecule has 0 atom stereocenters. The third-order valence-corrected chi connectivity index (χ3v) is 2.39. The average Bonchev–Trinajstić information content (AvgIpc) is 2.26. The van der Waals surface area contributed by atoms with Crippen LogP contribution in [0.15, 0.2) is 23.4 Å². The van der Waals surface area contributed by atoms with Crippen molar-refractivity contribution in [2.75, 3.05) is 0 Å². The summed E-state index contributed by atoms with van der Waals surface area (Å²) in [5.74, 6) is -0.964. The summed E-state index contributed by atoms with van der Waals surface area (Å²) in [6, 6.07) is 3.48. The molecule has 90 valence electrons. The molecule has 1 aromatic carbocycles. The topological polar surface area (TPSA) is 95.9 Å². The highest BCUT2D eigenvalue weighted by Gasteiger charge is 2.06. The van der Waals surface area contributed by atoms with Gasteiger partial charge in [-0.15, -0.1) is 0 Å². The van der Waals surface area contributed by atoms with Gasteiger partial charge in [-0.1, -0.05) is 5.16 Å². The lowest BCUT2D eigenvalue weighted by molar-refractivity contribution is -0.131. The molecule has 0 saturated carbocycles. The Morgan fingerprint density at radius 2 is 1.88 bits per heavy atom. The van der Waals surface area contributed by atoms with Gasteiger partial charge in [0.15, 0.2) is 5.84 Å². The molecule has 0 aliphatic carbocycles. The number of carbonyl (C=O) groups is 1. The van der Waals surface area contributed by atoms with Gasteiger partial charge in [-0.05, 0) is 48.7 Å². The summed E-state index contributed by atoms with van der Waals surface area (Å²) in [5, 5.41) is 20.1. The van der Waals surface area contributed by atoms with Crippen LogP contribution >= 0.6 is 0 Å². The van der Waals surface area contributed by atoms with Crippen LogP contribution in [0.3, 0.4) is 0 Å². The van der Waals surface area contributed by atoms with Gasteiger partial charge in [-0.25, -0.2) is 4.79 Å². The number of benzene rings is 1. The largest absolute Gasteiger partial charge is 0.478 e. The highest BCUT2D eigenvalue weighted by atomic mass is 16.4. The van der Waals surface area contributed by atoms with Gasteiger partial charge >= 0.3 is 5.97 Å². The number of amidine groups is 1. The minimum absolute atomic E-state index is 0.0324. The van der Waals surface area contributed by atoms with Crippen molar-refractivity contribution in [3.63, 3.8) is 0 Å². The van der Waals surface area contributed by atoms with Crippen molar-refractivity contribution in [2.24, 2.45) is 10.9 Å². The zero-order valence-electron chi connectivity index (χ0n) is 9.64. The van der Waals surface area contributed by atoms with Crippen molar-refractivity contribution in [3.05, 3.63) is 40.5 Å². The molecule has 1 rings (SSSR count). The number of nitrogens with zero attached hydrogens (tertiary/aromatic N) is 1. The fourth-order valence-corrected chi connectivity index (χ4v) is 1.60.